The largest absolute Gasteiger partial charge is 0.503 e. The minimum atomic E-state index is -1.18. The molecule has 15 heavy (non-hydrogen) atoms. The van der Waals surface area contributed by atoms with Crippen LogP contribution in [0.4, 0.5) is 0 Å². The summed E-state index contributed by atoms with van der Waals surface area (Å²) in [5.74, 6) is -2.52. The summed E-state index contributed by atoms with van der Waals surface area (Å²) in [6, 6.07) is 0. The number of aromatic hydroxyl groups is 2. The van der Waals surface area contributed by atoms with Gasteiger partial charge in [0.15, 0.2) is 11.5 Å². The van der Waals surface area contributed by atoms with E-state index in [1.807, 2.05) is 0 Å². The van der Waals surface area contributed by atoms with Gasteiger partial charge < -0.3 is 15.3 Å². The molecule has 0 saturated heterocycles. The van der Waals surface area contributed by atoms with E-state index in [-0.39, 0.29) is 20.6 Å². The first-order valence-corrected chi connectivity index (χ1v) is 4.78. The second kappa shape index (κ2) is 4.35. The van der Waals surface area contributed by atoms with Crippen LogP contribution in [0, 0.1) is 0 Å². The molecule has 0 heterocycles. The molecule has 4 nitrogen and oxygen atoms in total. The summed E-state index contributed by atoms with van der Waals surface area (Å²) in [7, 11) is 0. The van der Waals surface area contributed by atoms with Crippen molar-refractivity contribution in [2.24, 2.45) is 0 Å². The lowest BCUT2D eigenvalue weighted by molar-refractivity contribution is -0.136. The van der Waals surface area contributed by atoms with Gasteiger partial charge in [0.2, 0.25) is 0 Å². The second-order valence-electron chi connectivity index (χ2n) is 2.69. The normalized spacial score (nSPS) is 10.3. The molecule has 0 radical (unpaired) electrons. The molecule has 82 valence electrons. The molecule has 0 spiro atoms. The fourth-order valence-electron chi connectivity index (χ4n) is 0.990. The Bertz CT molecular complexity index is 401. The topological polar surface area (TPSA) is 77.8 Å². The lowest BCUT2D eigenvalue weighted by Gasteiger charge is -2.10. The Morgan fingerprint density at radius 3 is 1.93 bits per heavy atom. The molecule has 0 atom stereocenters. The van der Waals surface area contributed by atoms with E-state index in [0.29, 0.717) is 0 Å². The van der Waals surface area contributed by atoms with Crippen LogP contribution >= 0.6 is 34.8 Å². The Labute approximate surface area is 99.6 Å². The molecule has 0 aromatic heterocycles. The Morgan fingerprint density at radius 1 is 1.00 bits per heavy atom. The lowest BCUT2D eigenvalue weighted by Crippen LogP contribution is -2.02. The maximum atomic E-state index is 10.5. The highest BCUT2D eigenvalue weighted by atomic mass is 35.5. The summed E-state index contributed by atoms with van der Waals surface area (Å²) in [6.45, 7) is 0. The molecule has 7 heteroatoms. The predicted octanol–water partition coefficient (Wildman–Crippen LogP) is 2.69. The molecule has 0 fully saturated rings. The summed E-state index contributed by atoms with van der Waals surface area (Å²) in [4.78, 5) is 10.5. The molecule has 0 unspecified atom stereocenters. The number of aliphatic carboxylic acids is 1. The maximum Gasteiger partial charge on any atom is 0.307 e. The monoisotopic (exact) mass is 270 g/mol. The fourth-order valence-corrected chi connectivity index (χ4v) is 1.74. The standard InChI is InChI=1S/C8H5Cl3O4/c9-4-2(1-3(12)13)5(10)7(14)8(15)6(4)11/h14-15H,1H2,(H,12,13). The van der Waals surface area contributed by atoms with Crippen LogP contribution in [-0.4, -0.2) is 21.3 Å². The highest BCUT2D eigenvalue weighted by molar-refractivity contribution is 6.45. The van der Waals surface area contributed by atoms with Gasteiger partial charge >= 0.3 is 5.97 Å². The van der Waals surface area contributed by atoms with Crippen molar-refractivity contribution in [3.05, 3.63) is 20.6 Å². The van der Waals surface area contributed by atoms with Crippen molar-refractivity contribution in [1.82, 2.24) is 0 Å². The Hall–Kier alpha value is -0.840. The van der Waals surface area contributed by atoms with Crippen molar-refractivity contribution in [2.45, 2.75) is 6.42 Å². The number of benzene rings is 1. The summed E-state index contributed by atoms with van der Waals surface area (Å²) in [6.07, 6.45) is -0.495. The number of hydrogen-bond acceptors (Lipinski definition) is 3. The minimum Gasteiger partial charge on any atom is -0.503 e. The average Bonchev–Trinajstić information content (AvgIpc) is 2.18. The molecule has 0 bridgehead atoms. The number of phenolic OH excluding ortho intramolecular Hbond substituents is 2. The SMILES string of the molecule is O=C(O)Cc1c(Cl)c(O)c(O)c(Cl)c1Cl. The summed E-state index contributed by atoms with van der Waals surface area (Å²) < 4.78 is 0. The lowest BCUT2D eigenvalue weighted by atomic mass is 10.1. The number of carboxylic acids is 1. The molecule has 1 rings (SSSR count). The summed E-state index contributed by atoms with van der Waals surface area (Å²) in [5.41, 5.74) is -0.0360. The van der Waals surface area contributed by atoms with Gasteiger partial charge in [-0.25, -0.2) is 0 Å². The van der Waals surface area contributed by atoms with Gasteiger partial charge in [-0.1, -0.05) is 34.8 Å². The quantitative estimate of drug-likeness (QED) is 0.571. The molecule has 0 amide bonds. The van der Waals surface area contributed by atoms with E-state index in [2.05, 4.69) is 0 Å². The number of carbonyl (C=O) groups is 1. The van der Waals surface area contributed by atoms with Crippen molar-refractivity contribution in [2.75, 3.05) is 0 Å². The van der Waals surface area contributed by atoms with Crippen LogP contribution in [-0.2, 0) is 11.2 Å². The molecule has 0 aliphatic carbocycles. The highest BCUT2D eigenvalue weighted by Gasteiger charge is 2.21. The number of phenols is 2. The summed E-state index contributed by atoms with van der Waals surface area (Å²) in [5, 5.41) is 26.3. The van der Waals surface area contributed by atoms with E-state index < -0.39 is 23.9 Å². The molecule has 0 saturated carbocycles. The van der Waals surface area contributed by atoms with E-state index in [1.54, 1.807) is 0 Å². The van der Waals surface area contributed by atoms with Gasteiger partial charge in [-0.05, 0) is 0 Å². The van der Waals surface area contributed by atoms with Crippen molar-refractivity contribution >= 4 is 40.8 Å². The van der Waals surface area contributed by atoms with Crippen LogP contribution in [0.5, 0.6) is 11.5 Å². The first-order valence-electron chi connectivity index (χ1n) is 3.65. The fraction of sp³-hybridized carbons (Fsp3) is 0.125. The number of hydrogen-bond donors (Lipinski definition) is 3. The molecule has 0 aliphatic rings. The maximum absolute atomic E-state index is 10.5. The molecular weight excluding hydrogens is 266 g/mol. The van der Waals surface area contributed by atoms with E-state index in [1.165, 1.54) is 0 Å². The molecular formula is C8H5Cl3O4. The van der Waals surface area contributed by atoms with E-state index in [0.717, 1.165) is 0 Å². The zero-order chi connectivity index (χ0) is 11.7. The first kappa shape index (κ1) is 12.2. The zero-order valence-electron chi connectivity index (χ0n) is 7.09. The molecule has 0 aliphatic heterocycles. The van der Waals surface area contributed by atoms with Crippen LogP contribution in [0.3, 0.4) is 0 Å². The Kier molecular flexibility index (Phi) is 3.54. The van der Waals surface area contributed by atoms with Gasteiger partial charge in [-0.15, -0.1) is 0 Å². The Morgan fingerprint density at radius 2 is 1.47 bits per heavy atom. The van der Waals surface area contributed by atoms with Crippen LogP contribution in [0.25, 0.3) is 0 Å². The van der Waals surface area contributed by atoms with Gasteiger partial charge in [0, 0.05) is 5.56 Å². The smallest absolute Gasteiger partial charge is 0.307 e. The van der Waals surface area contributed by atoms with Gasteiger partial charge in [-0.2, -0.15) is 0 Å². The molecule has 1 aromatic rings. The predicted molar refractivity (Wildman–Crippen MR) is 56.1 cm³/mol. The third-order valence-corrected chi connectivity index (χ3v) is 2.98. The number of halogens is 3. The van der Waals surface area contributed by atoms with Crippen molar-refractivity contribution in [3.8, 4) is 11.5 Å². The molecule has 3 N–H and O–H groups in total. The third-order valence-electron chi connectivity index (χ3n) is 1.69. The van der Waals surface area contributed by atoms with E-state index >= 15 is 0 Å². The van der Waals surface area contributed by atoms with Gasteiger partial charge in [0.05, 0.1) is 16.5 Å². The van der Waals surface area contributed by atoms with Gasteiger partial charge in [-0.3, -0.25) is 4.79 Å². The minimum absolute atomic E-state index is 0.0360. The van der Waals surface area contributed by atoms with Crippen molar-refractivity contribution in [3.63, 3.8) is 0 Å². The number of rotatable bonds is 2. The van der Waals surface area contributed by atoms with E-state index in [9.17, 15) is 15.0 Å². The van der Waals surface area contributed by atoms with Gasteiger partial charge in [0.25, 0.3) is 0 Å². The van der Waals surface area contributed by atoms with Crippen molar-refractivity contribution < 1.29 is 20.1 Å². The number of carboxylic acid groups (broad SMARTS) is 1. The Balaban J connectivity index is 3.45. The highest BCUT2D eigenvalue weighted by Crippen LogP contribution is 2.46. The average molecular weight is 271 g/mol. The van der Waals surface area contributed by atoms with Gasteiger partial charge in [0.1, 0.15) is 5.02 Å². The third kappa shape index (κ3) is 2.22. The van der Waals surface area contributed by atoms with Crippen LogP contribution in [0.2, 0.25) is 15.1 Å². The van der Waals surface area contributed by atoms with Crippen LogP contribution in [0.15, 0.2) is 0 Å². The van der Waals surface area contributed by atoms with Crippen molar-refractivity contribution in [1.29, 1.82) is 0 Å². The van der Waals surface area contributed by atoms with E-state index in [4.69, 9.17) is 39.9 Å². The first-order chi connectivity index (χ1) is 6.86. The summed E-state index contributed by atoms with van der Waals surface area (Å²) >= 11 is 16.8. The zero-order valence-corrected chi connectivity index (χ0v) is 9.36. The van der Waals surface area contributed by atoms with Crippen LogP contribution < -0.4 is 0 Å². The molecule has 1 aromatic carbocycles. The van der Waals surface area contributed by atoms with Crippen LogP contribution in [0.1, 0.15) is 5.56 Å². The second-order valence-corrected chi connectivity index (χ2v) is 3.82.